The van der Waals surface area contributed by atoms with Gasteiger partial charge in [0.05, 0.1) is 17.8 Å². The number of methoxy groups -OCH3 is 1. The van der Waals surface area contributed by atoms with E-state index in [-0.39, 0.29) is 39.8 Å². The Balaban J connectivity index is 1.91. The number of carbonyl (C=O) groups is 1. The zero-order valence-corrected chi connectivity index (χ0v) is 15.8. The molecule has 4 rings (SSSR count). The van der Waals surface area contributed by atoms with E-state index in [2.05, 4.69) is 5.92 Å². The van der Waals surface area contributed by atoms with Crippen LogP contribution in [0.2, 0.25) is 5.15 Å². The van der Waals surface area contributed by atoms with Crippen molar-refractivity contribution >= 4 is 23.2 Å². The smallest absolute Gasteiger partial charge is 0.297 e. The first-order chi connectivity index (χ1) is 13.5. The number of aromatic nitrogens is 2. The molecule has 0 fully saturated rings. The lowest BCUT2D eigenvalue weighted by Gasteiger charge is -2.32. The SMILES string of the molecule is C#CCN1C(=O)C(OC)Oc2cc(F)c(-c3c(Cl)n4n(c3=O)CCCC4)cc21. The fourth-order valence-corrected chi connectivity index (χ4v) is 3.97. The second-order valence-electron chi connectivity index (χ2n) is 6.54. The highest BCUT2D eigenvalue weighted by Crippen LogP contribution is 2.40. The number of benzene rings is 1. The van der Waals surface area contributed by atoms with Crippen molar-refractivity contribution in [2.75, 3.05) is 18.6 Å². The van der Waals surface area contributed by atoms with Gasteiger partial charge >= 0.3 is 0 Å². The molecule has 2 aromatic rings. The number of halogens is 2. The summed E-state index contributed by atoms with van der Waals surface area (Å²) in [4.78, 5) is 26.6. The quantitative estimate of drug-likeness (QED) is 0.734. The molecule has 0 spiro atoms. The summed E-state index contributed by atoms with van der Waals surface area (Å²) in [7, 11) is 1.30. The Morgan fingerprint density at radius 1 is 1.32 bits per heavy atom. The van der Waals surface area contributed by atoms with Crippen molar-refractivity contribution in [2.24, 2.45) is 0 Å². The van der Waals surface area contributed by atoms with Crippen LogP contribution in [-0.2, 0) is 22.6 Å². The monoisotopic (exact) mass is 405 g/mol. The predicted molar refractivity (Wildman–Crippen MR) is 101 cm³/mol. The number of hydrogen-bond donors (Lipinski definition) is 0. The minimum atomic E-state index is -1.22. The van der Waals surface area contributed by atoms with E-state index in [1.807, 2.05) is 0 Å². The molecule has 1 aromatic carbocycles. The molecule has 3 heterocycles. The molecule has 0 radical (unpaired) electrons. The molecule has 0 N–H and O–H groups in total. The van der Waals surface area contributed by atoms with Gasteiger partial charge in [0.2, 0.25) is 0 Å². The molecule has 2 aliphatic rings. The molecule has 1 unspecified atom stereocenters. The Bertz CT molecular complexity index is 1070. The van der Waals surface area contributed by atoms with Crippen LogP contribution in [-0.4, -0.2) is 35.2 Å². The van der Waals surface area contributed by atoms with Crippen LogP contribution in [0.15, 0.2) is 16.9 Å². The third-order valence-corrected chi connectivity index (χ3v) is 5.32. The summed E-state index contributed by atoms with van der Waals surface area (Å²) in [6.45, 7) is 1.05. The molecule has 146 valence electrons. The second-order valence-corrected chi connectivity index (χ2v) is 6.90. The summed E-state index contributed by atoms with van der Waals surface area (Å²) >= 11 is 6.42. The Hall–Kier alpha value is -2.76. The van der Waals surface area contributed by atoms with Gasteiger partial charge in [0.1, 0.15) is 16.7 Å². The zero-order valence-electron chi connectivity index (χ0n) is 15.1. The number of fused-ring (bicyclic) bond motifs is 2. The van der Waals surface area contributed by atoms with Crippen molar-refractivity contribution in [2.45, 2.75) is 32.2 Å². The highest BCUT2D eigenvalue weighted by molar-refractivity contribution is 6.32. The third-order valence-electron chi connectivity index (χ3n) is 4.94. The van der Waals surface area contributed by atoms with Gasteiger partial charge in [0.15, 0.2) is 0 Å². The topological polar surface area (TPSA) is 65.7 Å². The first-order valence-corrected chi connectivity index (χ1v) is 9.13. The average Bonchev–Trinajstić information content (AvgIpc) is 2.95. The fourth-order valence-electron chi connectivity index (χ4n) is 3.61. The number of anilines is 1. The van der Waals surface area contributed by atoms with Gasteiger partial charge in [0.25, 0.3) is 17.8 Å². The summed E-state index contributed by atoms with van der Waals surface area (Å²) in [5.74, 6) is 1.30. The molecule has 28 heavy (non-hydrogen) atoms. The van der Waals surface area contributed by atoms with Crippen molar-refractivity contribution in [3.8, 4) is 29.2 Å². The maximum Gasteiger partial charge on any atom is 0.297 e. The number of terminal acetylenes is 1. The lowest BCUT2D eigenvalue weighted by atomic mass is 10.1. The first-order valence-electron chi connectivity index (χ1n) is 8.75. The Kier molecular flexibility index (Phi) is 4.65. The minimum Gasteiger partial charge on any atom is -0.453 e. The average molecular weight is 406 g/mol. The minimum absolute atomic E-state index is 0.00237. The van der Waals surface area contributed by atoms with E-state index < -0.39 is 18.0 Å². The van der Waals surface area contributed by atoms with Crippen LogP contribution in [0.3, 0.4) is 0 Å². The number of rotatable bonds is 3. The van der Waals surface area contributed by atoms with Gasteiger partial charge in [-0.2, -0.15) is 0 Å². The Morgan fingerprint density at radius 2 is 2.04 bits per heavy atom. The maximum atomic E-state index is 14.9. The van der Waals surface area contributed by atoms with Crippen LogP contribution in [0, 0.1) is 18.2 Å². The fraction of sp³-hybridized carbons (Fsp3) is 0.368. The van der Waals surface area contributed by atoms with Crippen LogP contribution >= 0.6 is 11.6 Å². The van der Waals surface area contributed by atoms with Gasteiger partial charge < -0.3 is 9.47 Å². The van der Waals surface area contributed by atoms with Crippen LogP contribution < -0.4 is 15.2 Å². The molecule has 9 heteroatoms. The molecular weight excluding hydrogens is 389 g/mol. The molecule has 1 atom stereocenters. The predicted octanol–water partition coefficient (Wildman–Crippen LogP) is 2.23. The van der Waals surface area contributed by atoms with E-state index in [4.69, 9.17) is 27.5 Å². The first kappa shape index (κ1) is 18.6. The number of ether oxygens (including phenoxy) is 2. The molecule has 7 nitrogen and oxygen atoms in total. The molecular formula is C19H17ClFN3O4. The van der Waals surface area contributed by atoms with Crippen molar-refractivity contribution in [3.63, 3.8) is 0 Å². The highest BCUT2D eigenvalue weighted by atomic mass is 35.5. The van der Waals surface area contributed by atoms with E-state index in [1.165, 1.54) is 22.8 Å². The lowest BCUT2D eigenvalue weighted by Crippen LogP contribution is -2.47. The van der Waals surface area contributed by atoms with Crippen molar-refractivity contribution < 1.29 is 18.7 Å². The van der Waals surface area contributed by atoms with E-state index in [9.17, 15) is 14.0 Å². The van der Waals surface area contributed by atoms with Gasteiger partial charge in [-0.3, -0.25) is 19.2 Å². The van der Waals surface area contributed by atoms with Gasteiger partial charge in [-0.15, -0.1) is 6.42 Å². The molecule has 2 aliphatic heterocycles. The largest absolute Gasteiger partial charge is 0.453 e. The molecule has 1 aromatic heterocycles. The van der Waals surface area contributed by atoms with E-state index in [0.29, 0.717) is 13.1 Å². The summed E-state index contributed by atoms with van der Waals surface area (Å²) in [6.07, 6.45) is 5.90. The van der Waals surface area contributed by atoms with Gasteiger partial charge in [0, 0.05) is 31.8 Å². The third kappa shape index (κ3) is 2.70. The zero-order chi connectivity index (χ0) is 20.0. The molecule has 0 aliphatic carbocycles. The Labute approximate surface area is 165 Å². The van der Waals surface area contributed by atoms with E-state index >= 15 is 0 Å². The summed E-state index contributed by atoms with van der Waals surface area (Å²) in [5.41, 5.74) is -0.0505. The summed E-state index contributed by atoms with van der Waals surface area (Å²) in [5, 5.41) is 0.171. The maximum absolute atomic E-state index is 14.9. The van der Waals surface area contributed by atoms with E-state index in [0.717, 1.165) is 18.9 Å². The standard InChI is InChI=1S/C19H17ClFN3O4/c1-3-6-22-13-9-11(12(21)10-14(13)28-19(27-2)18(22)26)15-16(20)23-7-4-5-8-24(23)17(15)25/h1,9-10,19H,4-8H2,2H3. The summed E-state index contributed by atoms with van der Waals surface area (Å²) in [6, 6.07) is 2.49. The van der Waals surface area contributed by atoms with Crippen molar-refractivity contribution in [1.82, 2.24) is 9.36 Å². The van der Waals surface area contributed by atoms with Crippen LogP contribution in [0.5, 0.6) is 5.75 Å². The van der Waals surface area contributed by atoms with Crippen LogP contribution in [0.1, 0.15) is 12.8 Å². The number of amides is 1. The number of carbonyl (C=O) groups excluding carboxylic acids is 1. The normalized spacial score (nSPS) is 18.3. The number of nitrogens with zero attached hydrogens (tertiary/aromatic N) is 3. The van der Waals surface area contributed by atoms with E-state index in [1.54, 1.807) is 4.68 Å². The highest BCUT2D eigenvalue weighted by Gasteiger charge is 2.36. The lowest BCUT2D eigenvalue weighted by molar-refractivity contribution is -0.146. The van der Waals surface area contributed by atoms with Crippen LogP contribution in [0.25, 0.3) is 11.1 Å². The Morgan fingerprint density at radius 3 is 2.68 bits per heavy atom. The number of hydrogen-bond acceptors (Lipinski definition) is 4. The van der Waals surface area contributed by atoms with Gasteiger partial charge in [-0.05, 0) is 18.9 Å². The van der Waals surface area contributed by atoms with Gasteiger partial charge in [-0.25, -0.2) is 9.07 Å². The van der Waals surface area contributed by atoms with Crippen molar-refractivity contribution in [1.29, 1.82) is 0 Å². The molecule has 0 saturated carbocycles. The second kappa shape index (κ2) is 7.00. The molecule has 1 amide bonds. The van der Waals surface area contributed by atoms with Crippen molar-refractivity contribution in [3.05, 3.63) is 33.5 Å². The molecule has 0 saturated heterocycles. The van der Waals surface area contributed by atoms with Crippen LogP contribution in [0.4, 0.5) is 10.1 Å². The molecule has 0 bridgehead atoms. The van der Waals surface area contributed by atoms with Gasteiger partial charge in [-0.1, -0.05) is 17.5 Å². The summed E-state index contributed by atoms with van der Waals surface area (Å²) < 4.78 is 28.6.